The van der Waals surface area contributed by atoms with E-state index in [1.54, 1.807) is 0 Å². The minimum absolute atomic E-state index is 0.191. The molecule has 0 aliphatic carbocycles. The first-order chi connectivity index (χ1) is 8.47. The Morgan fingerprint density at radius 2 is 2.11 bits per heavy atom. The minimum Gasteiger partial charge on any atom is -0.476 e. The van der Waals surface area contributed by atoms with Crippen molar-refractivity contribution < 1.29 is 9.90 Å². The summed E-state index contributed by atoms with van der Waals surface area (Å²) in [5, 5.41) is 9.87. The van der Waals surface area contributed by atoms with E-state index in [1.165, 1.54) is 24.2 Å². The monoisotopic (exact) mass is 270 g/mol. The number of carboxylic acid groups (broad SMARTS) is 1. The number of unbranched alkanes of at least 4 members (excludes halogenated alkanes) is 2. The Kier molecular flexibility index (Phi) is 5.59. The van der Waals surface area contributed by atoms with E-state index in [2.05, 4.69) is 30.7 Å². The van der Waals surface area contributed by atoms with Crippen LogP contribution in [0.4, 0.5) is 5.13 Å². The number of hydrogen-bond donors (Lipinski definition) is 1. The van der Waals surface area contributed by atoms with Gasteiger partial charge < -0.3 is 10.0 Å². The van der Waals surface area contributed by atoms with Crippen molar-refractivity contribution in [1.82, 2.24) is 4.98 Å². The largest absolute Gasteiger partial charge is 0.476 e. The average Bonchev–Trinajstić information content (AvgIpc) is 2.66. The van der Waals surface area contributed by atoms with Crippen LogP contribution in [0, 0.1) is 6.92 Å². The van der Waals surface area contributed by atoms with Crippen molar-refractivity contribution in [3.8, 4) is 0 Å². The summed E-state index contributed by atoms with van der Waals surface area (Å²) in [6.45, 7) is 9.16. The molecule has 0 fully saturated rings. The van der Waals surface area contributed by atoms with Crippen molar-refractivity contribution in [3.63, 3.8) is 0 Å². The maximum Gasteiger partial charge on any atom is 0.355 e. The molecule has 0 atom stereocenters. The van der Waals surface area contributed by atoms with E-state index in [1.807, 2.05) is 6.92 Å². The van der Waals surface area contributed by atoms with Gasteiger partial charge in [-0.25, -0.2) is 9.78 Å². The van der Waals surface area contributed by atoms with Gasteiger partial charge in [0.2, 0.25) is 0 Å². The topological polar surface area (TPSA) is 53.4 Å². The number of thiazole rings is 1. The predicted molar refractivity (Wildman–Crippen MR) is 75.8 cm³/mol. The van der Waals surface area contributed by atoms with Gasteiger partial charge in [-0.05, 0) is 27.2 Å². The van der Waals surface area contributed by atoms with Gasteiger partial charge in [0.15, 0.2) is 10.8 Å². The normalized spacial score (nSPS) is 10.9. The summed E-state index contributed by atoms with van der Waals surface area (Å²) in [5.74, 6) is -0.938. The van der Waals surface area contributed by atoms with E-state index in [-0.39, 0.29) is 5.69 Å². The molecule has 5 heteroatoms. The lowest BCUT2D eigenvalue weighted by Gasteiger charge is -2.26. The number of carboxylic acids is 1. The number of aromatic carboxylic acids is 1. The summed E-state index contributed by atoms with van der Waals surface area (Å²) in [6, 6.07) is 0.342. The molecule has 0 aromatic carbocycles. The molecule has 0 saturated carbocycles. The molecule has 0 aliphatic rings. The van der Waals surface area contributed by atoms with Crippen LogP contribution < -0.4 is 4.90 Å². The number of aryl methyl sites for hydroxylation is 1. The van der Waals surface area contributed by atoms with E-state index < -0.39 is 5.97 Å². The van der Waals surface area contributed by atoms with Gasteiger partial charge in [-0.2, -0.15) is 0 Å². The molecule has 0 bridgehead atoms. The smallest absolute Gasteiger partial charge is 0.355 e. The summed E-state index contributed by atoms with van der Waals surface area (Å²) in [5.41, 5.74) is 0.191. The average molecular weight is 270 g/mol. The molecule has 1 aromatic heterocycles. The maximum absolute atomic E-state index is 11.0. The Balaban J connectivity index is 2.85. The summed E-state index contributed by atoms with van der Waals surface area (Å²) < 4.78 is 0. The van der Waals surface area contributed by atoms with E-state index in [0.29, 0.717) is 6.04 Å². The summed E-state index contributed by atoms with van der Waals surface area (Å²) in [6.07, 6.45) is 3.50. The third-order valence-corrected chi connectivity index (χ3v) is 3.87. The van der Waals surface area contributed by atoms with Crippen LogP contribution in [0.2, 0.25) is 0 Å². The van der Waals surface area contributed by atoms with Crippen molar-refractivity contribution in [1.29, 1.82) is 0 Å². The van der Waals surface area contributed by atoms with Gasteiger partial charge in [0.1, 0.15) is 0 Å². The molecular weight excluding hydrogens is 248 g/mol. The van der Waals surface area contributed by atoms with E-state index in [9.17, 15) is 4.79 Å². The second-order valence-corrected chi connectivity index (χ2v) is 5.88. The Hall–Kier alpha value is -1.10. The molecule has 18 heavy (non-hydrogen) atoms. The quantitative estimate of drug-likeness (QED) is 0.770. The fourth-order valence-corrected chi connectivity index (χ4v) is 2.87. The highest BCUT2D eigenvalue weighted by Gasteiger charge is 2.19. The third kappa shape index (κ3) is 3.70. The van der Waals surface area contributed by atoms with Crippen molar-refractivity contribution in [2.24, 2.45) is 0 Å². The first-order valence-corrected chi connectivity index (χ1v) is 7.26. The molecule has 1 rings (SSSR count). The van der Waals surface area contributed by atoms with Crippen molar-refractivity contribution in [2.75, 3.05) is 11.4 Å². The van der Waals surface area contributed by atoms with Crippen LogP contribution in [-0.2, 0) is 0 Å². The fourth-order valence-electron chi connectivity index (χ4n) is 1.81. The highest BCUT2D eigenvalue weighted by atomic mass is 32.1. The second-order valence-electron chi connectivity index (χ2n) is 4.70. The Labute approximate surface area is 113 Å². The molecule has 0 spiro atoms. The number of anilines is 1. The number of rotatable bonds is 7. The van der Waals surface area contributed by atoms with Gasteiger partial charge in [-0.15, -0.1) is 11.3 Å². The van der Waals surface area contributed by atoms with Crippen LogP contribution >= 0.6 is 11.3 Å². The van der Waals surface area contributed by atoms with Crippen LogP contribution in [0.25, 0.3) is 0 Å². The second kappa shape index (κ2) is 6.73. The molecule has 1 aromatic rings. The van der Waals surface area contributed by atoms with Crippen LogP contribution in [0.1, 0.15) is 55.4 Å². The molecule has 0 radical (unpaired) electrons. The molecule has 0 saturated heterocycles. The van der Waals surface area contributed by atoms with Crippen molar-refractivity contribution in [2.45, 2.75) is 53.0 Å². The summed E-state index contributed by atoms with van der Waals surface area (Å²) >= 11 is 1.47. The highest BCUT2D eigenvalue weighted by Crippen LogP contribution is 2.27. The highest BCUT2D eigenvalue weighted by molar-refractivity contribution is 7.15. The van der Waals surface area contributed by atoms with Crippen LogP contribution in [0.5, 0.6) is 0 Å². The summed E-state index contributed by atoms with van der Waals surface area (Å²) in [4.78, 5) is 18.2. The molecule has 1 N–H and O–H groups in total. The molecule has 0 aliphatic heterocycles. The standard InChI is InChI=1S/C13H22N2O2S/c1-5-6-7-8-15(9(2)3)13-14-11(12(16)17)10(4)18-13/h9H,5-8H2,1-4H3,(H,16,17). The Morgan fingerprint density at radius 1 is 1.44 bits per heavy atom. The summed E-state index contributed by atoms with van der Waals surface area (Å²) in [7, 11) is 0. The Bertz CT molecular complexity index is 402. The van der Waals surface area contributed by atoms with Crippen molar-refractivity contribution in [3.05, 3.63) is 10.6 Å². The lowest BCUT2D eigenvalue weighted by atomic mass is 10.2. The Morgan fingerprint density at radius 3 is 2.56 bits per heavy atom. The first-order valence-electron chi connectivity index (χ1n) is 6.44. The van der Waals surface area contributed by atoms with Gasteiger partial charge in [0, 0.05) is 17.5 Å². The molecular formula is C13H22N2O2S. The molecule has 0 unspecified atom stereocenters. The molecule has 0 amide bonds. The zero-order valence-electron chi connectivity index (χ0n) is 11.6. The van der Waals surface area contributed by atoms with Crippen molar-refractivity contribution >= 4 is 22.4 Å². The third-order valence-electron chi connectivity index (χ3n) is 2.86. The number of carbonyl (C=O) groups is 1. The van der Waals surface area contributed by atoms with Gasteiger partial charge >= 0.3 is 5.97 Å². The van der Waals surface area contributed by atoms with E-state index in [4.69, 9.17) is 5.11 Å². The fraction of sp³-hybridized carbons (Fsp3) is 0.692. The van der Waals surface area contributed by atoms with E-state index >= 15 is 0 Å². The van der Waals surface area contributed by atoms with Crippen LogP contribution in [0.3, 0.4) is 0 Å². The molecule has 1 heterocycles. The number of nitrogens with zero attached hydrogens (tertiary/aromatic N) is 2. The lowest BCUT2D eigenvalue weighted by molar-refractivity contribution is 0.0690. The SMILES string of the molecule is CCCCCN(c1nc(C(=O)O)c(C)s1)C(C)C. The first kappa shape index (κ1) is 15.0. The minimum atomic E-state index is -0.938. The van der Waals surface area contributed by atoms with Crippen LogP contribution in [-0.4, -0.2) is 28.6 Å². The molecule has 102 valence electrons. The number of aromatic nitrogens is 1. The van der Waals surface area contributed by atoms with Gasteiger partial charge in [-0.1, -0.05) is 19.8 Å². The van der Waals surface area contributed by atoms with Gasteiger partial charge in [-0.3, -0.25) is 0 Å². The lowest BCUT2D eigenvalue weighted by Crippen LogP contribution is -2.31. The zero-order valence-corrected chi connectivity index (χ0v) is 12.4. The van der Waals surface area contributed by atoms with Gasteiger partial charge in [0.25, 0.3) is 0 Å². The van der Waals surface area contributed by atoms with Crippen LogP contribution in [0.15, 0.2) is 0 Å². The number of hydrogen-bond acceptors (Lipinski definition) is 4. The van der Waals surface area contributed by atoms with E-state index in [0.717, 1.165) is 23.0 Å². The maximum atomic E-state index is 11.0. The molecule has 4 nitrogen and oxygen atoms in total. The predicted octanol–water partition coefficient (Wildman–Crippen LogP) is 3.55. The zero-order chi connectivity index (χ0) is 13.7. The van der Waals surface area contributed by atoms with Gasteiger partial charge in [0.05, 0.1) is 0 Å².